The van der Waals surface area contributed by atoms with E-state index in [1.165, 1.54) is 11.3 Å². The second-order valence-corrected chi connectivity index (χ2v) is 5.79. The van der Waals surface area contributed by atoms with Gasteiger partial charge in [-0.3, -0.25) is 4.79 Å². The number of hydrogen-bond donors (Lipinski definition) is 1. The first-order valence-electron chi connectivity index (χ1n) is 7.54. The van der Waals surface area contributed by atoms with Gasteiger partial charge in [0, 0.05) is 31.6 Å². The smallest absolute Gasteiger partial charge is 0.223 e. The van der Waals surface area contributed by atoms with Crippen LogP contribution in [0.4, 0.5) is 0 Å². The van der Waals surface area contributed by atoms with Crippen LogP contribution in [-0.4, -0.2) is 27.8 Å². The van der Waals surface area contributed by atoms with Gasteiger partial charge in [0.25, 0.3) is 0 Å². The zero-order valence-corrected chi connectivity index (χ0v) is 12.4. The number of carbonyl (C=O) groups is 1. The monoisotopic (exact) mass is 283 g/mol. The van der Waals surface area contributed by atoms with E-state index < -0.39 is 0 Å². The summed E-state index contributed by atoms with van der Waals surface area (Å²) in [4.78, 5) is 21.8. The van der Waals surface area contributed by atoms with E-state index in [9.17, 15) is 4.79 Å². The number of carbonyl (C=O) groups excluding carboxylic acids is 1. The van der Waals surface area contributed by atoms with Gasteiger partial charge in [0.15, 0.2) is 0 Å². The summed E-state index contributed by atoms with van der Waals surface area (Å²) >= 11 is 0. The predicted octanol–water partition coefficient (Wildman–Crippen LogP) is 2.88. The van der Waals surface area contributed by atoms with Gasteiger partial charge in [-0.2, -0.15) is 0 Å². The number of H-pyrrole nitrogens is 1. The van der Waals surface area contributed by atoms with Gasteiger partial charge in [0.2, 0.25) is 5.91 Å². The molecule has 0 saturated heterocycles. The Hall–Kier alpha value is -2.10. The minimum atomic E-state index is 0.200. The third-order valence-electron chi connectivity index (χ3n) is 4.24. The quantitative estimate of drug-likeness (QED) is 0.938. The summed E-state index contributed by atoms with van der Waals surface area (Å²) in [7, 11) is 1.88. The number of imidazole rings is 1. The minimum Gasteiger partial charge on any atom is -0.348 e. The zero-order chi connectivity index (χ0) is 14.7. The number of nitrogens with one attached hydrogen (secondary N) is 1. The van der Waals surface area contributed by atoms with E-state index in [0.29, 0.717) is 18.9 Å². The number of fused-ring (bicyclic) bond motifs is 1. The van der Waals surface area contributed by atoms with Gasteiger partial charge in [-0.25, -0.2) is 4.98 Å². The fourth-order valence-corrected chi connectivity index (χ4v) is 3.06. The average molecular weight is 283 g/mol. The summed E-state index contributed by atoms with van der Waals surface area (Å²) in [6, 6.07) is 10.1. The van der Waals surface area contributed by atoms with Crippen molar-refractivity contribution in [2.75, 3.05) is 7.05 Å². The molecule has 1 unspecified atom stereocenters. The molecule has 0 aliphatic heterocycles. The lowest BCUT2D eigenvalue weighted by atomic mass is 9.87. The molecule has 0 bridgehead atoms. The molecule has 110 valence electrons. The van der Waals surface area contributed by atoms with Crippen molar-refractivity contribution in [2.24, 2.45) is 0 Å². The van der Waals surface area contributed by atoms with Crippen LogP contribution in [0.25, 0.3) is 0 Å². The van der Waals surface area contributed by atoms with Gasteiger partial charge in [-0.05, 0) is 24.8 Å². The third-order valence-corrected chi connectivity index (χ3v) is 4.24. The van der Waals surface area contributed by atoms with Gasteiger partial charge in [-0.15, -0.1) is 0 Å². The Morgan fingerprint density at radius 3 is 3.00 bits per heavy atom. The molecule has 4 nitrogen and oxygen atoms in total. The Morgan fingerprint density at radius 1 is 1.38 bits per heavy atom. The topological polar surface area (TPSA) is 49.0 Å². The Labute approximate surface area is 125 Å². The number of hydrogen-bond acceptors (Lipinski definition) is 2. The number of aromatic amines is 1. The van der Waals surface area contributed by atoms with E-state index >= 15 is 0 Å². The van der Waals surface area contributed by atoms with Gasteiger partial charge >= 0.3 is 0 Å². The molecule has 1 aliphatic carbocycles. The normalized spacial score (nSPS) is 17.3. The lowest BCUT2D eigenvalue weighted by molar-refractivity contribution is -0.130. The van der Waals surface area contributed by atoms with Crippen LogP contribution in [0.15, 0.2) is 36.7 Å². The fraction of sp³-hybridized carbons (Fsp3) is 0.412. The maximum absolute atomic E-state index is 12.4. The molecule has 0 fully saturated rings. The van der Waals surface area contributed by atoms with Crippen molar-refractivity contribution < 1.29 is 4.79 Å². The first kappa shape index (κ1) is 13.9. The van der Waals surface area contributed by atoms with Crippen LogP contribution >= 0.6 is 0 Å². The molecular formula is C17H21N3O. The number of rotatable bonds is 4. The Balaban J connectivity index is 1.62. The molecule has 1 atom stereocenters. The largest absolute Gasteiger partial charge is 0.348 e. The standard InChI is InChI=1S/C17H21N3O/c1-20(11-13-6-3-2-4-7-13)16(21)10-14-8-5-9-15-17(14)19-12-18-15/h2-4,6-7,12,14H,5,8-11H2,1H3,(H,18,19). The van der Waals surface area contributed by atoms with Gasteiger partial charge in [0.1, 0.15) is 0 Å². The summed E-state index contributed by atoms with van der Waals surface area (Å²) < 4.78 is 0. The lowest BCUT2D eigenvalue weighted by Gasteiger charge is -2.24. The molecule has 1 aromatic heterocycles. The number of benzene rings is 1. The van der Waals surface area contributed by atoms with E-state index in [4.69, 9.17) is 0 Å². The van der Waals surface area contributed by atoms with E-state index in [0.717, 1.165) is 25.0 Å². The Kier molecular flexibility index (Phi) is 4.04. The van der Waals surface area contributed by atoms with Crippen molar-refractivity contribution >= 4 is 5.91 Å². The van der Waals surface area contributed by atoms with Crippen molar-refractivity contribution in [3.63, 3.8) is 0 Å². The number of nitrogens with zero attached hydrogens (tertiary/aromatic N) is 2. The lowest BCUT2D eigenvalue weighted by Crippen LogP contribution is -2.28. The van der Waals surface area contributed by atoms with Gasteiger partial charge in [0.05, 0.1) is 12.0 Å². The molecule has 3 rings (SSSR count). The first-order chi connectivity index (χ1) is 10.2. The first-order valence-corrected chi connectivity index (χ1v) is 7.54. The fourth-order valence-electron chi connectivity index (χ4n) is 3.06. The highest BCUT2D eigenvalue weighted by atomic mass is 16.2. The zero-order valence-electron chi connectivity index (χ0n) is 12.4. The number of amides is 1. The van der Waals surface area contributed by atoms with Gasteiger partial charge in [-0.1, -0.05) is 30.3 Å². The summed E-state index contributed by atoms with van der Waals surface area (Å²) in [5, 5.41) is 0. The molecule has 4 heteroatoms. The SMILES string of the molecule is CN(Cc1ccccc1)C(=O)CC1CCCc2nc[nH]c21. The predicted molar refractivity (Wildman–Crippen MR) is 81.8 cm³/mol. The summed E-state index contributed by atoms with van der Waals surface area (Å²) in [6.45, 7) is 0.669. The van der Waals surface area contributed by atoms with E-state index in [1.807, 2.05) is 30.1 Å². The Morgan fingerprint density at radius 2 is 2.19 bits per heavy atom. The molecule has 2 aromatic rings. The van der Waals surface area contributed by atoms with Crippen molar-refractivity contribution in [3.05, 3.63) is 53.6 Å². The summed E-state index contributed by atoms with van der Waals surface area (Å²) in [5.74, 6) is 0.494. The van der Waals surface area contributed by atoms with Crippen molar-refractivity contribution in [3.8, 4) is 0 Å². The third kappa shape index (κ3) is 3.15. The summed E-state index contributed by atoms with van der Waals surface area (Å²) in [6.07, 6.45) is 5.54. The molecule has 0 saturated carbocycles. The van der Waals surface area contributed by atoms with Gasteiger partial charge < -0.3 is 9.88 Å². The van der Waals surface area contributed by atoms with Crippen LogP contribution in [0.5, 0.6) is 0 Å². The van der Waals surface area contributed by atoms with Crippen LogP contribution in [0.3, 0.4) is 0 Å². The molecule has 0 spiro atoms. The number of aryl methyl sites for hydroxylation is 1. The molecule has 1 aliphatic rings. The average Bonchev–Trinajstić information content (AvgIpc) is 2.98. The molecule has 1 aromatic carbocycles. The van der Waals surface area contributed by atoms with Crippen molar-refractivity contribution in [2.45, 2.75) is 38.1 Å². The highest BCUT2D eigenvalue weighted by Crippen LogP contribution is 2.32. The summed E-state index contributed by atoms with van der Waals surface area (Å²) in [5.41, 5.74) is 3.48. The maximum Gasteiger partial charge on any atom is 0.223 e. The molecule has 21 heavy (non-hydrogen) atoms. The van der Waals surface area contributed by atoms with Crippen LogP contribution in [-0.2, 0) is 17.8 Å². The van der Waals surface area contributed by atoms with E-state index in [1.54, 1.807) is 6.33 Å². The molecule has 1 heterocycles. The molecule has 1 amide bonds. The van der Waals surface area contributed by atoms with Crippen LogP contribution in [0.1, 0.15) is 42.1 Å². The highest BCUT2D eigenvalue weighted by molar-refractivity contribution is 5.76. The molecule has 0 radical (unpaired) electrons. The van der Waals surface area contributed by atoms with E-state index in [-0.39, 0.29) is 5.91 Å². The van der Waals surface area contributed by atoms with Crippen molar-refractivity contribution in [1.29, 1.82) is 0 Å². The minimum absolute atomic E-state index is 0.200. The second kappa shape index (κ2) is 6.12. The second-order valence-electron chi connectivity index (χ2n) is 5.79. The van der Waals surface area contributed by atoms with Crippen molar-refractivity contribution in [1.82, 2.24) is 14.9 Å². The molecule has 1 N–H and O–H groups in total. The molecular weight excluding hydrogens is 262 g/mol. The van der Waals surface area contributed by atoms with Crippen LogP contribution < -0.4 is 0 Å². The van der Waals surface area contributed by atoms with Crippen LogP contribution in [0, 0.1) is 0 Å². The van der Waals surface area contributed by atoms with E-state index in [2.05, 4.69) is 22.1 Å². The Bertz CT molecular complexity index is 606. The highest BCUT2D eigenvalue weighted by Gasteiger charge is 2.25. The maximum atomic E-state index is 12.4. The van der Waals surface area contributed by atoms with Crippen LogP contribution in [0.2, 0.25) is 0 Å². The number of aromatic nitrogens is 2.